The third-order valence-electron chi connectivity index (χ3n) is 4.30. The van der Waals surface area contributed by atoms with Gasteiger partial charge in [0.2, 0.25) is 5.89 Å². The molecular formula is C12H17IN2O. The van der Waals surface area contributed by atoms with Gasteiger partial charge in [0.15, 0.2) is 0 Å². The Morgan fingerprint density at radius 3 is 2.56 bits per heavy atom. The highest BCUT2D eigenvalue weighted by atomic mass is 127. The van der Waals surface area contributed by atoms with Crippen molar-refractivity contribution in [2.24, 2.45) is 11.8 Å². The first-order chi connectivity index (χ1) is 7.83. The lowest BCUT2D eigenvalue weighted by Crippen LogP contribution is -2.26. The summed E-state index contributed by atoms with van der Waals surface area (Å²) in [5.41, 5.74) is 0. The molecule has 0 spiro atoms. The summed E-state index contributed by atoms with van der Waals surface area (Å²) in [6.45, 7) is 0. The molecule has 3 nitrogen and oxygen atoms in total. The highest BCUT2D eigenvalue weighted by Crippen LogP contribution is 2.45. The first-order valence-electron chi connectivity index (χ1n) is 6.32. The Labute approximate surface area is 110 Å². The lowest BCUT2D eigenvalue weighted by Gasteiger charge is -2.38. The number of halogens is 1. The first-order valence-corrected chi connectivity index (χ1v) is 7.39. The molecule has 1 aromatic rings. The second kappa shape index (κ2) is 4.63. The SMILES string of the molecule is Ic1nnc(C2CCC3CCCCC3C2)o1. The minimum atomic E-state index is 0.537. The maximum Gasteiger partial charge on any atom is 0.278 e. The van der Waals surface area contributed by atoms with Crippen molar-refractivity contribution in [3.8, 4) is 0 Å². The van der Waals surface area contributed by atoms with Gasteiger partial charge in [-0.25, -0.2) is 0 Å². The summed E-state index contributed by atoms with van der Waals surface area (Å²) >= 11 is 2.09. The molecule has 3 rings (SSSR count). The van der Waals surface area contributed by atoms with Crippen LogP contribution in [0.25, 0.3) is 0 Å². The maximum atomic E-state index is 5.57. The topological polar surface area (TPSA) is 38.9 Å². The van der Waals surface area contributed by atoms with Crippen molar-refractivity contribution in [2.45, 2.75) is 50.9 Å². The quantitative estimate of drug-likeness (QED) is 0.735. The van der Waals surface area contributed by atoms with Gasteiger partial charge in [0.05, 0.1) is 0 Å². The Hall–Kier alpha value is -0.130. The number of nitrogens with zero attached hydrogens (tertiary/aromatic N) is 2. The van der Waals surface area contributed by atoms with Crippen LogP contribution in [0.3, 0.4) is 0 Å². The molecule has 0 N–H and O–H groups in total. The van der Waals surface area contributed by atoms with Crippen LogP contribution in [0, 0.1) is 15.7 Å². The lowest BCUT2D eigenvalue weighted by atomic mass is 9.67. The summed E-state index contributed by atoms with van der Waals surface area (Å²) < 4.78 is 6.25. The van der Waals surface area contributed by atoms with Crippen LogP contribution in [0.15, 0.2) is 4.42 Å². The molecule has 0 bridgehead atoms. The largest absolute Gasteiger partial charge is 0.416 e. The summed E-state index contributed by atoms with van der Waals surface area (Å²) in [6.07, 6.45) is 9.65. The van der Waals surface area contributed by atoms with E-state index in [1.54, 1.807) is 0 Å². The minimum Gasteiger partial charge on any atom is -0.416 e. The molecule has 2 aliphatic rings. The van der Waals surface area contributed by atoms with Gasteiger partial charge in [0.1, 0.15) is 0 Å². The molecule has 2 aliphatic carbocycles. The van der Waals surface area contributed by atoms with Gasteiger partial charge in [-0.05, 0) is 31.1 Å². The van der Waals surface area contributed by atoms with Gasteiger partial charge in [-0.15, -0.1) is 10.2 Å². The fourth-order valence-corrected chi connectivity index (χ4v) is 3.81. The Morgan fingerprint density at radius 2 is 1.81 bits per heavy atom. The third-order valence-corrected chi connectivity index (χ3v) is 4.74. The van der Waals surface area contributed by atoms with Gasteiger partial charge in [-0.2, -0.15) is 0 Å². The Morgan fingerprint density at radius 1 is 1.00 bits per heavy atom. The normalized spacial score (nSPS) is 34.7. The summed E-state index contributed by atoms with van der Waals surface area (Å²) in [6, 6.07) is 0. The number of rotatable bonds is 1. The van der Waals surface area contributed by atoms with Crippen LogP contribution in [-0.4, -0.2) is 10.2 Å². The standard InChI is InChI=1S/C12H17IN2O/c13-12-15-14-11(16-12)10-6-5-8-3-1-2-4-9(8)7-10/h8-10H,1-7H2. The van der Waals surface area contributed by atoms with E-state index < -0.39 is 0 Å². The second-order valence-corrected chi connectivity index (χ2v) is 6.13. The first kappa shape index (κ1) is 11.0. The minimum absolute atomic E-state index is 0.537. The Balaban J connectivity index is 1.70. The van der Waals surface area contributed by atoms with Gasteiger partial charge < -0.3 is 4.42 Å². The summed E-state index contributed by atoms with van der Waals surface area (Å²) in [7, 11) is 0. The average molecular weight is 332 g/mol. The molecular weight excluding hydrogens is 315 g/mol. The van der Waals surface area contributed by atoms with Crippen LogP contribution in [0.4, 0.5) is 0 Å². The van der Waals surface area contributed by atoms with E-state index in [-0.39, 0.29) is 0 Å². The van der Waals surface area contributed by atoms with Crippen molar-refractivity contribution in [3.63, 3.8) is 0 Å². The van der Waals surface area contributed by atoms with Crippen molar-refractivity contribution >= 4 is 22.6 Å². The monoisotopic (exact) mass is 332 g/mol. The number of hydrogen-bond acceptors (Lipinski definition) is 3. The van der Waals surface area contributed by atoms with Crippen LogP contribution >= 0.6 is 22.6 Å². The zero-order chi connectivity index (χ0) is 11.0. The fourth-order valence-electron chi connectivity index (χ4n) is 3.48. The van der Waals surface area contributed by atoms with Crippen molar-refractivity contribution in [2.75, 3.05) is 0 Å². The van der Waals surface area contributed by atoms with E-state index >= 15 is 0 Å². The van der Waals surface area contributed by atoms with Crippen LogP contribution in [0.2, 0.25) is 0 Å². The van der Waals surface area contributed by atoms with E-state index in [9.17, 15) is 0 Å². The third kappa shape index (κ3) is 2.13. The smallest absolute Gasteiger partial charge is 0.278 e. The number of fused-ring (bicyclic) bond motifs is 1. The molecule has 88 valence electrons. The molecule has 0 saturated heterocycles. The molecule has 0 aromatic carbocycles. The van der Waals surface area contributed by atoms with E-state index in [1.165, 1.54) is 44.9 Å². The van der Waals surface area contributed by atoms with Crippen LogP contribution < -0.4 is 0 Å². The van der Waals surface area contributed by atoms with Gasteiger partial charge in [0, 0.05) is 28.5 Å². The Bertz CT molecular complexity index is 366. The predicted octanol–water partition coefficient (Wildman–Crippen LogP) is 3.75. The number of aromatic nitrogens is 2. The van der Waals surface area contributed by atoms with Crippen molar-refractivity contribution in [1.82, 2.24) is 10.2 Å². The average Bonchev–Trinajstić information content (AvgIpc) is 2.75. The van der Waals surface area contributed by atoms with E-state index in [0.717, 1.165) is 17.7 Å². The molecule has 4 heteroatoms. The maximum absolute atomic E-state index is 5.57. The van der Waals surface area contributed by atoms with E-state index in [2.05, 4.69) is 32.8 Å². The number of hydrogen-bond donors (Lipinski definition) is 0. The molecule has 0 amide bonds. The van der Waals surface area contributed by atoms with Crippen molar-refractivity contribution in [3.05, 3.63) is 9.79 Å². The molecule has 2 saturated carbocycles. The van der Waals surface area contributed by atoms with Crippen LogP contribution in [-0.2, 0) is 0 Å². The van der Waals surface area contributed by atoms with E-state index in [0.29, 0.717) is 9.82 Å². The van der Waals surface area contributed by atoms with Gasteiger partial charge >= 0.3 is 0 Å². The molecule has 0 aliphatic heterocycles. The zero-order valence-electron chi connectivity index (χ0n) is 9.36. The lowest BCUT2D eigenvalue weighted by molar-refractivity contribution is 0.145. The van der Waals surface area contributed by atoms with Gasteiger partial charge in [0.25, 0.3) is 3.90 Å². The summed E-state index contributed by atoms with van der Waals surface area (Å²) in [4.78, 5) is 0. The summed E-state index contributed by atoms with van der Waals surface area (Å²) in [5.74, 6) is 3.34. The zero-order valence-corrected chi connectivity index (χ0v) is 11.5. The van der Waals surface area contributed by atoms with Crippen LogP contribution in [0.1, 0.15) is 56.8 Å². The predicted molar refractivity (Wildman–Crippen MR) is 69.1 cm³/mol. The molecule has 1 heterocycles. The highest BCUT2D eigenvalue weighted by Gasteiger charge is 2.34. The molecule has 16 heavy (non-hydrogen) atoms. The molecule has 1 aromatic heterocycles. The molecule has 3 unspecified atom stereocenters. The van der Waals surface area contributed by atoms with E-state index in [4.69, 9.17) is 4.42 Å². The molecule has 2 fully saturated rings. The summed E-state index contributed by atoms with van der Waals surface area (Å²) in [5, 5.41) is 8.12. The Kier molecular flexibility index (Phi) is 3.18. The van der Waals surface area contributed by atoms with Crippen LogP contribution in [0.5, 0.6) is 0 Å². The van der Waals surface area contributed by atoms with Crippen molar-refractivity contribution < 1.29 is 4.42 Å². The molecule has 3 atom stereocenters. The molecule has 0 radical (unpaired) electrons. The second-order valence-electron chi connectivity index (χ2n) is 5.21. The van der Waals surface area contributed by atoms with Gasteiger partial charge in [-0.1, -0.05) is 25.7 Å². The van der Waals surface area contributed by atoms with Crippen molar-refractivity contribution in [1.29, 1.82) is 0 Å². The highest BCUT2D eigenvalue weighted by molar-refractivity contribution is 14.1. The van der Waals surface area contributed by atoms with E-state index in [1.807, 2.05) is 0 Å². The fraction of sp³-hybridized carbons (Fsp3) is 0.833. The van der Waals surface area contributed by atoms with Gasteiger partial charge in [-0.3, -0.25) is 0 Å².